The number of anilines is 1. The lowest BCUT2D eigenvalue weighted by molar-refractivity contribution is -0.141. The van der Waals surface area contributed by atoms with Crippen molar-refractivity contribution in [1.82, 2.24) is 9.55 Å². The summed E-state index contributed by atoms with van der Waals surface area (Å²) in [6.45, 7) is 2.71. The molecule has 0 amide bonds. The van der Waals surface area contributed by atoms with Gasteiger partial charge in [0, 0.05) is 6.54 Å². The van der Waals surface area contributed by atoms with Crippen LogP contribution < -0.4 is 10.1 Å². The van der Waals surface area contributed by atoms with E-state index in [-0.39, 0.29) is 5.97 Å². The molecule has 2 aromatic rings. The number of nitrogens with zero attached hydrogens (tertiary/aromatic N) is 2. The second-order valence-electron chi connectivity index (χ2n) is 4.41. The Kier molecular flexibility index (Phi) is 4.81. The molecule has 0 fully saturated rings. The fraction of sp³-hybridized carbons (Fsp3) is 0.333. The molecule has 0 spiro atoms. The third-order valence-electron chi connectivity index (χ3n) is 3.22. The first-order valence-electron chi connectivity index (χ1n) is 6.68. The maximum atomic E-state index is 12.1. The molecule has 0 saturated carbocycles. The van der Waals surface area contributed by atoms with Crippen LogP contribution in [0.1, 0.15) is 18.7 Å². The molecule has 6 heteroatoms. The highest BCUT2D eigenvalue weighted by Gasteiger charge is 2.25. The van der Waals surface area contributed by atoms with Crippen molar-refractivity contribution in [2.45, 2.75) is 19.5 Å². The highest BCUT2D eigenvalue weighted by molar-refractivity contribution is 5.81. The van der Waals surface area contributed by atoms with Crippen molar-refractivity contribution < 1.29 is 14.3 Å². The average Bonchev–Trinajstić information content (AvgIpc) is 3.00. The summed E-state index contributed by atoms with van der Waals surface area (Å²) in [5.41, 5.74) is 1.47. The zero-order chi connectivity index (χ0) is 15.2. The van der Waals surface area contributed by atoms with Gasteiger partial charge in [-0.05, 0) is 19.1 Å². The largest absolute Gasteiger partial charge is 0.495 e. The Bertz CT molecular complexity index is 610. The van der Waals surface area contributed by atoms with Gasteiger partial charge in [-0.2, -0.15) is 0 Å². The maximum absolute atomic E-state index is 12.1. The van der Waals surface area contributed by atoms with Crippen LogP contribution in [-0.2, 0) is 16.1 Å². The molecule has 2 rings (SSSR count). The fourth-order valence-corrected chi connectivity index (χ4v) is 2.13. The molecule has 1 aromatic heterocycles. The van der Waals surface area contributed by atoms with Crippen LogP contribution in [-0.4, -0.2) is 29.7 Å². The van der Waals surface area contributed by atoms with Gasteiger partial charge in [0.25, 0.3) is 0 Å². The first kappa shape index (κ1) is 14.9. The third kappa shape index (κ3) is 3.16. The van der Waals surface area contributed by atoms with Gasteiger partial charge < -0.3 is 19.4 Å². The number of para-hydroxylation sites is 2. The van der Waals surface area contributed by atoms with E-state index in [1.165, 1.54) is 7.11 Å². The summed E-state index contributed by atoms with van der Waals surface area (Å²) in [5.74, 6) is 0.282. The number of nitrogens with one attached hydrogen (secondary N) is 1. The van der Waals surface area contributed by atoms with E-state index in [0.29, 0.717) is 5.75 Å². The van der Waals surface area contributed by atoms with Crippen molar-refractivity contribution in [2.24, 2.45) is 0 Å². The Hall–Kier alpha value is -2.50. The molecule has 1 heterocycles. The third-order valence-corrected chi connectivity index (χ3v) is 3.22. The predicted octanol–water partition coefficient (Wildman–Crippen LogP) is 2.24. The Morgan fingerprint density at radius 1 is 1.38 bits per heavy atom. The van der Waals surface area contributed by atoms with Crippen LogP contribution in [0.5, 0.6) is 5.75 Å². The number of carbonyl (C=O) groups is 1. The van der Waals surface area contributed by atoms with Crippen LogP contribution in [0.3, 0.4) is 0 Å². The monoisotopic (exact) mass is 289 g/mol. The normalized spacial score (nSPS) is 11.8. The lowest BCUT2D eigenvalue weighted by atomic mass is 10.2. The Labute approximate surface area is 123 Å². The zero-order valence-corrected chi connectivity index (χ0v) is 12.4. The molecule has 0 saturated heterocycles. The number of esters is 1. The molecule has 1 N–H and O–H groups in total. The molecule has 0 aliphatic carbocycles. The summed E-state index contributed by atoms with van der Waals surface area (Å²) in [6, 6.07) is 6.77. The van der Waals surface area contributed by atoms with E-state index in [4.69, 9.17) is 9.47 Å². The molecular weight excluding hydrogens is 270 g/mol. The smallest absolute Gasteiger partial charge is 0.334 e. The molecule has 6 nitrogen and oxygen atoms in total. The summed E-state index contributed by atoms with van der Waals surface area (Å²) in [4.78, 5) is 16.2. The van der Waals surface area contributed by atoms with Gasteiger partial charge >= 0.3 is 5.97 Å². The molecule has 112 valence electrons. The summed E-state index contributed by atoms with van der Waals surface area (Å²) in [7, 11) is 2.95. The minimum atomic E-state index is -0.645. The van der Waals surface area contributed by atoms with Gasteiger partial charge in [-0.3, -0.25) is 0 Å². The van der Waals surface area contributed by atoms with E-state index in [0.717, 1.165) is 17.9 Å². The van der Waals surface area contributed by atoms with Crippen LogP contribution in [0.2, 0.25) is 0 Å². The molecule has 0 aliphatic rings. The van der Waals surface area contributed by atoms with Gasteiger partial charge in [0.2, 0.25) is 0 Å². The maximum Gasteiger partial charge on any atom is 0.334 e. The molecule has 1 atom stereocenters. The number of hydrogen-bond acceptors (Lipinski definition) is 5. The lowest BCUT2D eigenvalue weighted by Gasteiger charge is -2.20. The number of aryl methyl sites for hydroxylation is 1. The van der Waals surface area contributed by atoms with Gasteiger partial charge in [-0.1, -0.05) is 12.1 Å². The van der Waals surface area contributed by atoms with Crippen LogP contribution in [0.4, 0.5) is 5.69 Å². The number of imidazole rings is 1. The second kappa shape index (κ2) is 6.78. The van der Waals surface area contributed by atoms with E-state index in [9.17, 15) is 4.79 Å². The molecule has 0 bridgehead atoms. The standard InChI is InChI=1S/C15H19N3O3/c1-4-18-10-16-9-12(18)14(15(19)21-3)17-11-7-5-6-8-13(11)20-2/h5-10,14,17H,4H2,1-3H3. The highest BCUT2D eigenvalue weighted by Crippen LogP contribution is 2.28. The molecule has 21 heavy (non-hydrogen) atoms. The number of ether oxygens (including phenoxy) is 2. The minimum Gasteiger partial charge on any atom is -0.495 e. The van der Waals surface area contributed by atoms with Crippen molar-refractivity contribution in [1.29, 1.82) is 0 Å². The van der Waals surface area contributed by atoms with Crippen LogP contribution >= 0.6 is 0 Å². The molecule has 1 aromatic carbocycles. The number of hydrogen-bond donors (Lipinski definition) is 1. The minimum absolute atomic E-state index is 0.379. The first-order valence-corrected chi connectivity index (χ1v) is 6.68. The topological polar surface area (TPSA) is 65.4 Å². The Morgan fingerprint density at radius 3 is 2.81 bits per heavy atom. The SMILES string of the molecule is CCn1cncc1C(Nc1ccccc1OC)C(=O)OC. The summed E-state index contributed by atoms with van der Waals surface area (Å²) in [6.07, 6.45) is 3.35. The van der Waals surface area contributed by atoms with Crippen molar-refractivity contribution >= 4 is 11.7 Å². The number of rotatable bonds is 6. The number of methoxy groups -OCH3 is 2. The molecule has 0 radical (unpaired) electrons. The van der Waals surface area contributed by atoms with E-state index in [2.05, 4.69) is 10.3 Å². The van der Waals surface area contributed by atoms with Gasteiger partial charge in [0.15, 0.2) is 6.04 Å². The summed E-state index contributed by atoms with van der Waals surface area (Å²) in [5, 5.41) is 3.17. The number of carbonyl (C=O) groups excluding carboxylic acids is 1. The molecule has 0 aliphatic heterocycles. The first-order chi connectivity index (χ1) is 10.2. The van der Waals surface area contributed by atoms with Crippen LogP contribution in [0, 0.1) is 0 Å². The number of aromatic nitrogens is 2. The van der Waals surface area contributed by atoms with Gasteiger partial charge in [0.1, 0.15) is 5.75 Å². The van der Waals surface area contributed by atoms with Crippen LogP contribution in [0.25, 0.3) is 0 Å². The summed E-state index contributed by atoms with van der Waals surface area (Å²) >= 11 is 0. The lowest BCUT2D eigenvalue weighted by Crippen LogP contribution is -2.25. The fourth-order valence-electron chi connectivity index (χ4n) is 2.13. The Morgan fingerprint density at radius 2 is 2.14 bits per heavy atom. The van der Waals surface area contributed by atoms with E-state index in [1.54, 1.807) is 19.6 Å². The molecule has 1 unspecified atom stereocenters. The van der Waals surface area contributed by atoms with Crippen molar-refractivity contribution in [3.8, 4) is 5.75 Å². The van der Waals surface area contributed by atoms with Crippen molar-refractivity contribution in [2.75, 3.05) is 19.5 Å². The predicted molar refractivity (Wildman–Crippen MR) is 79.3 cm³/mol. The van der Waals surface area contributed by atoms with E-state index in [1.807, 2.05) is 35.8 Å². The highest BCUT2D eigenvalue weighted by atomic mass is 16.5. The van der Waals surface area contributed by atoms with E-state index < -0.39 is 6.04 Å². The second-order valence-corrected chi connectivity index (χ2v) is 4.41. The van der Waals surface area contributed by atoms with Gasteiger partial charge in [-0.15, -0.1) is 0 Å². The quantitative estimate of drug-likeness (QED) is 0.826. The van der Waals surface area contributed by atoms with Gasteiger partial charge in [0.05, 0.1) is 38.1 Å². The van der Waals surface area contributed by atoms with Crippen LogP contribution in [0.15, 0.2) is 36.8 Å². The van der Waals surface area contributed by atoms with E-state index >= 15 is 0 Å². The molecular formula is C15H19N3O3. The zero-order valence-electron chi connectivity index (χ0n) is 12.4. The number of benzene rings is 1. The summed E-state index contributed by atoms with van der Waals surface area (Å²) < 4.78 is 12.1. The Balaban J connectivity index is 2.36. The van der Waals surface area contributed by atoms with Crippen molar-refractivity contribution in [3.63, 3.8) is 0 Å². The van der Waals surface area contributed by atoms with Crippen molar-refractivity contribution in [3.05, 3.63) is 42.5 Å². The van der Waals surface area contributed by atoms with Gasteiger partial charge in [-0.25, -0.2) is 9.78 Å². The average molecular weight is 289 g/mol.